The Balaban J connectivity index is 1.54. The Kier molecular flexibility index (Phi) is 4.64. The smallest absolute Gasteiger partial charge is 0.267 e. The number of carbonyl (C=O) groups excluding carboxylic acids is 2. The first kappa shape index (κ1) is 15.9. The van der Waals surface area contributed by atoms with E-state index in [0.717, 1.165) is 11.1 Å². The number of rotatable bonds is 5. The first-order valence-corrected chi connectivity index (χ1v) is 7.64. The normalized spacial score (nSPS) is 14.5. The van der Waals surface area contributed by atoms with Crippen molar-refractivity contribution in [2.75, 3.05) is 7.05 Å². The number of amides is 2. The molecular weight excluding hydrogens is 308 g/mol. The summed E-state index contributed by atoms with van der Waals surface area (Å²) in [7, 11) is 1.56. The SMILES string of the molecule is CN1N=C(C(=O)NCc2ccc(Cn3cncn3)cc2)CCC1=O. The van der Waals surface area contributed by atoms with Crippen molar-refractivity contribution in [2.45, 2.75) is 25.9 Å². The van der Waals surface area contributed by atoms with Gasteiger partial charge in [-0.3, -0.25) is 9.59 Å². The van der Waals surface area contributed by atoms with Gasteiger partial charge in [0.25, 0.3) is 5.91 Å². The molecule has 1 aromatic carbocycles. The van der Waals surface area contributed by atoms with Gasteiger partial charge in [-0.15, -0.1) is 0 Å². The number of nitrogens with zero attached hydrogens (tertiary/aromatic N) is 5. The molecule has 2 aromatic rings. The molecule has 0 aliphatic carbocycles. The summed E-state index contributed by atoms with van der Waals surface area (Å²) in [6.07, 6.45) is 3.87. The molecule has 124 valence electrons. The van der Waals surface area contributed by atoms with Crippen LogP contribution < -0.4 is 5.32 Å². The van der Waals surface area contributed by atoms with Crippen molar-refractivity contribution in [1.29, 1.82) is 0 Å². The molecule has 0 atom stereocenters. The molecule has 2 amide bonds. The number of hydrogen-bond donors (Lipinski definition) is 1. The third-order valence-electron chi connectivity index (χ3n) is 3.76. The summed E-state index contributed by atoms with van der Waals surface area (Å²) in [5.74, 6) is -0.310. The molecule has 3 rings (SSSR count). The van der Waals surface area contributed by atoms with Crippen molar-refractivity contribution in [3.05, 3.63) is 48.0 Å². The average Bonchev–Trinajstić information content (AvgIpc) is 3.09. The van der Waals surface area contributed by atoms with Gasteiger partial charge in [0.1, 0.15) is 18.4 Å². The van der Waals surface area contributed by atoms with Gasteiger partial charge in [-0.25, -0.2) is 14.7 Å². The van der Waals surface area contributed by atoms with E-state index in [-0.39, 0.29) is 11.8 Å². The highest BCUT2D eigenvalue weighted by atomic mass is 16.2. The Morgan fingerprint density at radius 1 is 1.21 bits per heavy atom. The van der Waals surface area contributed by atoms with E-state index in [1.807, 2.05) is 24.3 Å². The second-order valence-electron chi connectivity index (χ2n) is 5.56. The molecular formula is C16H18N6O2. The average molecular weight is 326 g/mol. The molecule has 1 aliphatic rings. The maximum Gasteiger partial charge on any atom is 0.267 e. The molecule has 1 aromatic heterocycles. The van der Waals surface area contributed by atoms with Gasteiger partial charge < -0.3 is 5.32 Å². The lowest BCUT2D eigenvalue weighted by Crippen LogP contribution is -2.37. The summed E-state index contributed by atoms with van der Waals surface area (Å²) >= 11 is 0. The second kappa shape index (κ2) is 7.03. The zero-order chi connectivity index (χ0) is 16.9. The van der Waals surface area contributed by atoms with Gasteiger partial charge >= 0.3 is 0 Å². The van der Waals surface area contributed by atoms with Crippen LogP contribution in [0.4, 0.5) is 0 Å². The number of hydrazone groups is 1. The molecule has 1 aliphatic heterocycles. The Morgan fingerprint density at radius 3 is 2.62 bits per heavy atom. The second-order valence-corrected chi connectivity index (χ2v) is 5.56. The number of aromatic nitrogens is 3. The van der Waals surface area contributed by atoms with Crippen LogP contribution in [0.25, 0.3) is 0 Å². The standard InChI is InChI=1S/C16H18N6O2/c1-21-15(23)7-6-14(20-21)16(24)18-8-12-2-4-13(5-3-12)9-22-11-17-10-19-22/h2-5,10-11H,6-9H2,1H3,(H,18,24). The van der Waals surface area contributed by atoms with E-state index in [1.165, 1.54) is 11.3 Å². The molecule has 0 bridgehead atoms. The van der Waals surface area contributed by atoms with E-state index < -0.39 is 0 Å². The minimum absolute atomic E-state index is 0.0745. The van der Waals surface area contributed by atoms with Gasteiger partial charge in [0.15, 0.2) is 0 Å². The number of carbonyl (C=O) groups is 2. The minimum atomic E-state index is -0.235. The lowest BCUT2D eigenvalue weighted by Gasteiger charge is -2.18. The molecule has 8 heteroatoms. The monoisotopic (exact) mass is 326 g/mol. The molecule has 0 saturated heterocycles. The van der Waals surface area contributed by atoms with E-state index >= 15 is 0 Å². The minimum Gasteiger partial charge on any atom is -0.347 e. The summed E-state index contributed by atoms with van der Waals surface area (Å²) in [6, 6.07) is 7.91. The van der Waals surface area contributed by atoms with E-state index in [4.69, 9.17) is 0 Å². The van der Waals surface area contributed by atoms with E-state index in [1.54, 1.807) is 18.1 Å². The quantitative estimate of drug-likeness (QED) is 0.868. The molecule has 0 unspecified atom stereocenters. The Bertz CT molecular complexity index is 751. The van der Waals surface area contributed by atoms with Crippen LogP contribution in [0.1, 0.15) is 24.0 Å². The van der Waals surface area contributed by atoms with E-state index in [0.29, 0.717) is 31.6 Å². The predicted molar refractivity (Wildman–Crippen MR) is 86.9 cm³/mol. The first-order chi connectivity index (χ1) is 11.6. The fraction of sp³-hybridized carbons (Fsp3) is 0.312. The Morgan fingerprint density at radius 2 is 1.96 bits per heavy atom. The lowest BCUT2D eigenvalue weighted by atomic mass is 10.1. The topological polar surface area (TPSA) is 92.5 Å². The van der Waals surface area contributed by atoms with Gasteiger partial charge in [0.05, 0.1) is 6.54 Å². The van der Waals surface area contributed by atoms with Gasteiger partial charge in [0, 0.05) is 26.4 Å². The van der Waals surface area contributed by atoms with Crippen molar-refractivity contribution in [3.63, 3.8) is 0 Å². The zero-order valence-corrected chi connectivity index (χ0v) is 13.3. The zero-order valence-electron chi connectivity index (χ0n) is 13.3. The predicted octanol–water partition coefficient (Wildman–Crippen LogP) is 0.551. The maximum atomic E-state index is 12.1. The maximum absolute atomic E-state index is 12.1. The molecule has 0 fully saturated rings. The summed E-state index contributed by atoms with van der Waals surface area (Å²) in [5.41, 5.74) is 2.49. The first-order valence-electron chi connectivity index (χ1n) is 7.64. The summed E-state index contributed by atoms with van der Waals surface area (Å²) in [6.45, 7) is 1.07. The van der Waals surface area contributed by atoms with Crippen molar-refractivity contribution in [1.82, 2.24) is 25.1 Å². The summed E-state index contributed by atoms with van der Waals surface area (Å²) in [4.78, 5) is 27.4. The number of hydrogen-bond acceptors (Lipinski definition) is 5. The van der Waals surface area contributed by atoms with Crippen molar-refractivity contribution >= 4 is 17.5 Å². The fourth-order valence-corrected chi connectivity index (χ4v) is 2.38. The van der Waals surface area contributed by atoms with Crippen LogP contribution in [0.15, 0.2) is 42.0 Å². The highest BCUT2D eigenvalue weighted by molar-refractivity contribution is 6.39. The Hall–Kier alpha value is -3.03. The van der Waals surface area contributed by atoms with Crippen LogP contribution in [0.3, 0.4) is 0 Å². The van der Waals surface area contributed by atoms with Crippen LogP contribution in [0.2, 0.25) is 0 Å². The van der Waals surface area contributed by atoms with Crippen molar-refractivity contribution in [2.24, 2.45) is 5.10 Å². The van der Waals surface area contributed by atoms with Crippen LogP contribution in [-0.2, 0) is 22.7 Å². The van der Waals surface area contributed by atoms with Crippen LogP contribution in [-0.4, -0.2) is 44.3 Å². The molecule has 2 heterocycles. The van der Waals surface area contributed by atoms with Gasteiger partial charge in [-0.1, -0.05) is 24.3 Å². The van der Waals surface area contributed by atoms with E-state index in [2.05, 4.69) is 20.5 Å². The van der Waals surface area contributed by atoms with Crippen LogP contribution in [0.5, 0.6) is 0 Å². The molecule has 8 nitrogen and oxygen atoms in total. The lowest BCUT2D eigenvalue weighted by molar-refractivity contribution is -0.130. The number of benzene rings is 1. The molecule has 0 radical (unpaired) electrons. The highest BCUT2D eigenvalue weighted by Gasteiger charge is 2.21. The van der Waals surface area contributed by atoms with Crippen molar-refractivity contribution < 1.29 is 9.59 Å². The van der Waals surface area contributed by atoms with Gasteiger partial charge in [0.2, 0.25) is 5.91 Å². The van der Waals surface area contributed by atoms with E-state index in [9.17, 15) is 9.59 Å². The third kappa shape index (κ3) is 3.83. The molecule has 0 spiro atoms. The number of nitrogens with one attached hydrogen (secondary N) is 1. The highest BCUT2D eigenvalue weighted by Crippen LogP contribution is 2.08. The molecule has 0 saturated carbocycles. The largest absolute Gasteiger partial charge is 0.347 e. The summed E-state index contributed by atoms with van der Waals surface area (Å²) < 4.78 is 1.75. The van der Waals surface area contributed by atoms with Crippen molar-refractivity contribution in [3.8, 4) is 0 Å². The molecule has 1 N–H and O–H groups in total. The van der Waals surface area contributed by atoms with Crippen LogP contribution >= 0.6 is 0 Å². The third-order valence-corrected chi connectivity index (χ3v) is 3.76. The fourth-order valence-electron chi connectivity index (χ4n) is 2.38. The molecule has 24 heavy (non-hydrogen) atoms. The summed E-state index contributed by atoms with van der Waals surface area (Å²) in [5, 5.41) is 12.1. The Labute approximate surface area is 139 Å². The van der Waals surface area contributed by atoms with Gasteiger partial charge in [-0.2, -0.15) is 10.2 Å². The van der Waals surface area contributed by atoms with Crippen LogP contribution in [0, 0.1) is 0 Å². The van der Waals surface area contributed by atoms with Gasteiger partial charge in [-0.05, 0) is 11.1 Å².